The molecule has 0 fully saturated rings. The van der Waals surface area contributed by atoms with E-state index in [2.05, 4.69) is 30.7 Å². The number of hydrogen-bond donors (Lipinski definition) is 1. The van der Waals surface area contributed by atoms with Crippen molar-refractivity contribution in [2.45, 2.75) is 32.7 Å². The van der Waals surface area contributed by atoms with E-state index in [9.17, 15) is 0 Å². The molecule has 1 heterocycles. The summed E-state index contributed by atoms with van der Waals surface area (Å²) >= 11 is 0. The first kappa shape index (κ1) is 10.9. The molecule has 0 aliphatic rings. The Kier molecular flexibility index (Phi) is 3.06. The minimum atomic E-state index is -0.0138. The van der Waals surface area contributed by atoms with Crippen LogP contribution in [0.2, 0.25) is 0 Å². The second-order valence-electron chi connectivity index (χ2n) is 4.17. The van der Waals surface area contributed by atoms with Gasteiger partial charge in [-0.05, 0) is 0 Å². The molecule has 0 unspecified atom stereocenters. The van der Waals surface area contributed by atoms with Crippen molar-refractivity contribution < 1.29 is 4.74 Å². The summed E-state index contributed by atoms with van der Waals surface area (Å²) in [5, 5.41) is 0. The molecule has 0 saturated heterocycles. The van der Waals surface area contributed by atoms with Crippen molar-refractivity contribution in [1.29, 1.82) is 0 Å². The third-order valence-electron chi connectivity index (χ3n) is 1.91. The third-order valence-corrected chi connectivity index (χ3v) is 1.91. The van der Waals surface area contributed by atoms with Gasteiger partial charge in [0.25, 0.3) is 0 Å². The first-order chi connectivity index (χ1) is 6.47. The summed E-state index contributed by atoms with van der Waals surface area (Å²) in [6, 6.07) is 1.85. The highest BCUT2D eigenvalue weighted by molar-refractivity contribution is 5.21. The number of nitrogens with two attached hydrogens (primary N) is 1. The van der Waals surface area contributed by atoms with Crippen LogP contribution in [-0.2, 0) is 12.0 Å². The Bertz CT molecular complexity index is 295. The third kappa shape index (κ3) is 2.42. The molecule has 4 heteroatoms. The predicted octanol–water partition coefficient (Wildman–Crippen LogP) is 1.24. The van der Waals surface area contributed by atoms with E-state index in [1.165, 1.54) is 0 Å². The molecule has 0 aromatic carbocycles. The molecule has 2 N–H and O–H groups in total. The monoisotopic (exact) mass is 195 g/mol. The van der Waals surface area contributed by atoms with Gasteiger partial charge in [-0.1, -0.05) is 20.8 Å². The van der Waals surface area contributed by atoms with Gasteiger partial charge in [0.1, 0.15) is 5.82 Å². The van der Waals surface area contributed by atoms with E-state index in [-0.39, 0.29) is 5.41 Å². The smallest absolute Gasteiger partial charge is 0.216 e. The molecule has 0 radical (unpaired) electrons. The van der Waals surface area contributed by atoms with E-state index in [1.807, 2.05) is 6.07 Å². The summed E-state index contributed by atoms with van der Waals surface area (Å²) in [5.41, 5.74) is 6.44. The van der Waals surface area contributed by atoms with Crippen molar-refractivity contribution >= 4 is 0 Å². The van der Waals surface area contributed by atoms with E-state index in [0.717, 1.165) is 5.69 Å². The van der Waals surface area contributed by atoms with Crippen LogP contribution in [-0.4, -0.2) is 17.1 Å². The van der Waals surface area contributed by atoms with E-state index in [0.29, 0.717) is 18.2 Å². The normalized spacial score (nSPS) is 11.5. The molecule has 0 aliphatic carbocycles. The zero-order valence-corrected chi connectivity index (χ0v) is 9.16. The van der Waals surface area contributed by atoms with Gasteiger partial charge in [-0.2, -0.15) is 4.98 Å². The van der Waals surface area contributed by atoms with E-state index >= 15 is 0 Å². The van der Waals surface area contributed by atoms with E-state index in [4.69, 9.17) is 10.5 Å². The molecular formula is C10H17N3O. The molecule has 0 atom stereocenters. The van der Waals surface area contributed by atoms with Gasteiger partial charge in [-0.3, -0.25) is 0 Å². The van der Waals surface area contributed by atoms with Crippen LogP contribution in [0.25, 0.3) is 0 Å². The summed E-state index contributed by atoms with van der Waals surface area (Å²) in [7, 11) is 1.59. The maximum atomic E-state index is 5.51. The molecule has 0 bridgehead atoms. The van der Waals surface area contributed by atoms with E-state index in [1.54, 1.807) is 7.11 Å². The van der Waals surface area contributed by atoms with Gasteiger partial charge in [0.05, 0.1) is 19.3 Å². The van der Waals surface area contributed by atoms with Crippen molar-refractivity contribution in [3.63, 3.8) is 0 Å². The van der Waals surface area contributed by atoms with Gasteiger partial charge in [-0.15, -0.1) is 0 Å². The topological polar surface area (TPSA) is 61.0 Å². The Balaban J connectivity index is 3.17. The Hall–Kier alpha value is -1.16. The summed E-state index contributed by atoms with van der Waals surface area (Å²) in [5.74, 6) is 1.19. The van der Waals surface area contributed by atoms with Gasteiger partial charge < -0.3 is 10.5 Å². The SMILES string of the molecule is COc1cc(C(C)(C)C)nc(CN)n1. The van der Waals surface area contributed by atoms with Crippen LogP contribution in [0.4, 0.5) is 0 Å². The van der Waals surface area contributed by atoms with Crippen LogP contribution >= 0.6 is 0 Å². The number of methoxy groups -OCH3 is 1. The van der Waals surface area contributed by atoms with Crippen molar-refractivity contribution in [2.24, 2.45) is 5.73 Å². The van der Waals surface area contributed by atoms with Gasteiger partial charge in [0.15, 0.2) is 0 Å². The predicted molar refractivity (Wildman–Crippen MR) is 55.2 cm³/mol. The molecule has 78 valence electrons. The lowest BCUT2D eigenvalue weighted by atomic mass is 9.92. The van der Waals surface area contributed by atoms with Gasteiger partial charge in [0, 0.05) is 11.5 Å². The first-order valence-electron chi connectivity index (χ1n) is 4.60. The highest BCUT2D eigenvalue weighted by Gasteiger charge is 2.17. The summed E-state index contributed by atoms with van der Waals surface area (Å²) in [6.45, 7) is 6.61. The quantitative estimate of drug-likeness (QED) is 0.771. The average molecular weight is 195 g/mol. The van der Waals surface area contributed by atoms with Gasteiger partial charge in [0.2, 0.25) is 5.88 Å². The highest BCUT2D eigenvalue weighted by atomic mass is 16.5. The largest absolute Gasteiger partial charge is 0.481 e. The van der Waals surface area contributed by atoms with E-state index < -0.39 is 0 Å². The van der Waals surface area contributed by atoms with Crippen LogP contribution in [0.1, 0.15) is 32.3 Å². The Morgan fingerprint density at radius 3 is 2.43 bits per heavy atom. The number of rotatable bonds is 2. The highest BCUT2D eigenvalue weighted by Crippen LogP contribution is 2.22. The fraction of sp³-hybridized carbons (Fsp3) is 0.600. The molecule has 0 spiro atoms. The minimum absolute atomic E-state index is 0.0138. The number of nitrogens with zero attached hydrogens (tertiary/aromatic N) is 2. The first-order valence-corrected chi connectivity index (χ1v) is 4.60. The fourth-order valence-corrected chi connectivity index (χ4v) is 1.05. The molecule has 4 nitrogen and oxygen atoms in total. The second kappa shape index (κ2) is 3.92. The molecule has 0 saturated carbocycles. The molecule has 1 aromatic rings. The second-order valence-corrected chi connectivity index (χ2v) is 4.17. The maximum Gasteiger partial charge on any atom is 0.216 e. The number of aromatic nitrogens is 2. The molecular weight excluding hydrogens is 178 g/mol. The Labute approximate surface area is 84.5 Å². The summed E-state index contributed by atoms with van der Waals surface area (Å²) in [4.78, 5) is 8.48. The summed E-state index contributed by atoms with van der Waals surface area (Å²) in [6.07, 6.45) is 0. The van der Waals surface area contributed by atoms with Crippen molar-refractivity contribution in [3.05, 3.63) is 17.6 Å². The van der Waals surface area contributed by atoms with Crippen molar-refractivity contribution in [1.82, 2.24) is 9.97 Å². The van der Waals surface area contributed by atoms with Gasteiger partial charge >= 0.3 is 0 Å². The average Bonchev–Trinajstić information content (AvgIpc) is 2.15. The number of hydrogen-bond acceptors (Lipinski definition) is 4. The van der Waals surface area contributed by atoms with Crippen LogP contribution in [0.15, 0.2) is 6.07 Å². The fourth-order valence-electron chi connectivity index (χ4n) is 1.05. The van der Waals surface area contributed by atoms with Crippen molar-refractivity contribution in [2.75, 3.05) is 7.11 Å². The lowest BCUT2D eigenvalue weighted by molar-refractivity contribution is 0.391. The Morgan fingerprint density at radius 1 is 1.36 bits per heavy atom. The standard InChI is InChI=1S/C10H17N3O/c1-10(2,3)7-5-9(14-4)13-8(6-11)12-7/h5H,6,11H2,1-4H3. The van der Waals surface area contributed by atoms with Crippen LogP contribution in [0, 0.1) is 0 Å². The molecule has 14 heavy (non-hydrogen) atoms. The Morgan fingerprint density at radius 2 is 2.00 bits per heavy atom. The van der Waals surface area contributed by atoms with Gasteiger partial charge in [-0.25, -0.2) is 4.98 Å². The lowest BCUT2D eigenvalue weighted by Crippen LogP contribution is -2.17. The molecule has 1 rings (SSSR count). The van der Waals surface area contributed by atoms with Crippen LogP contribution in [0.3, 0.4) is 0 Å². The van der Waals surface area contributed by atoms with Crippen molar-refractivity contribution in [3.8, 4) is 5.88 Å². The molecule has 0 amide bonds. The van der Waals surface area contributed by atoms with Crippen LogP contribution < -0.4 is 10.5 Å². The lowest BCUT2D eigenvalue weighted by Gasteiger charge is -2.18. The zero-order valence-electron chi connectivity index (χ0n) is 9.16. The van der Waals surface area contributed by atoms with Crippen LogP contribution in [0.5, 0.6) is 5.88 Å². The summed E-state index contributed by atoms with van der Waals surface area (Å²) < 4.78 is 5.09. The zero-order chi connectivity index (χ0) is 10.8. The molecule has 1 aromatic heterocycles. The minimum Gasteiger partial charge on any atom is -0.481 e. The number of ether oxygens (including phenoxy) is 1. The molecule has 0 aliphatic heterocycles. The maximum absolute atomic E-state index is 5.51.